The van der Waals surface area contributed by atoms with Crippen LogP contribution in [0.2, 0.25) is 0 Å². The van der Waals surface area contributed by atoms with Crippen LogP contribution in [-0.2, 0) is 10.1 Å². The molecule has 3 N–H and O–H groups in total. The quantitative estimate of drug-likeness (QED) is 0.0547. The van der Waals surface area contributed by atoms with Gasteiger partial charge in [0.2, 0.25) is 0 Å². The van der Waals surface area contributed by atoms with Crippen molar-refractivity contribution in [2.75, 3.05) is 24.9 Å². The summed E-state index contributed by atoms with van der Waals surface area (Å²) >= 11 is 0. The molecule has 14 nitrogen and oxygen atoms in total. The number of aldehydes is 1. The molecular weight excluding hydrogens is 817 g/mol. The van der Waals surface area contributed by atoms with E-state index >= 15 is 0 Å². The SMILES string of the molecule is COc1cc(N=Nc2ccc(C=O)cc2C)ccc1N=Nc1cc(C)c(Nc2cc(OC)c(N=Nc3c(S(=O)(=O)O)cc4cc(Nc5ccccc5)ccc4c3C)cc2C)cc1C. The first-order valence-corrected chi connectivity index (χ1v) is 21.1. The number of azo groups is 3. The molecule has 0 saturated heterocycles. The number of hydrogen-bond acceptors (Lipinski definition) is 13. The number of fused-ring (bicyclic) bond motifs is 1. The highest BCUT2D eigenvalue weighted by Gasteiger charge is 2.21. The highest BCUT2D eigenvalue weighted by Crippen LogP contribution is 2.41. The van der Waals surface area contributed by atoms with Crippen LogP contribution in [-0.4, -0.2) is 33.5 Å². The lowest BCUT2D eigenvalue weighted by molar-refractivity contribution is 0.112. The lowest BCUT2D eigenvalue weighted by Gasteiger charge is -2.16. The highest BCUT2D eigenvalue weighted by molar-refractivity contribution is 7.86. The summed E-state index contributed by atoms with van der Waals surface area (Å²) in [6, 6.07) is 34.5. The Kier molecular flexibility index (Phi) is 12.8. The van der Waals surface area contributed by atoms with Crippen molar-refractivity contribution in [3.05, 3.63) is 149 Å². The van der Waals surface area contributed by atoms with Crippen LogP contribution in [0.1, 0.15) is 38.2 Å². The lowest BCUT2D eigenvalue weighted by atomic mass is 10.0. The minimum Gasteiger partial charge on any atom is -0.494 e. The van der Waals surface area contributed by atoms with E-state index in [0.717, 1.165) is 56.7 Å². The average molecular weight is 861 g/mol. The number of hydrogen-bond donors (Lipinski definition) is 3. The van der Waals surface area contributed by atoms with Crippen molar-refractivity contribution in [2.45, 2.75) is 39.5 Å². The van der Waals surface area contributed by atoms with Crippen LogP contribution in [0.5, 0.6) is 11.5 Å². The normalized spacial score (nSPS) is 11.8. The molecule has 0 amide bonds. The van der Waals surface area contributed by atoms with Gasteiger partial charge in [-0.2, -0.15) is 23.8 Å². The van der Waals surface area contributed by atoms with Crippen LogP contribution < -0.4 is 20.1 Å². The van der Waals surface area contributed by atoms with E-state index in [4.69, 9.17) is 9.47 Å². The Labute approximate surface area is 365 Å². The monoisotopic (exact) mass is 860 g/mol. The molecule has 0 aromatic heterocycles. The van der Waals surface area contributed by atoms with Gasteiger partial charge >= 0.3 is 0 Å². The topological polar surface area (TPSA) is 188 Å². The number of nitrogens with one attached hydrogen (secondary N) is 2. The summed E-state index contributed by atoms with van der Waals surface area (Å²) in [6.07, 6.45) is 0.792. The molecule has 0 bridgehead atoms. The fourth-order valence-corrected chi connectivity index (χ4v) is 7.58. The maximum Gasteiger partial charge on any atom is 0.296 e. The number of methoxy groups -OCH3 is 2. The number of para-hydroxylation sites is 1. The molecule has 318 valence electrons. The number of carbonyl (C=O) groups is 1. The Hall–Kier alpha value is -7.62. The fraction of sp³-hybridized carbons (Fsp3) is 0.146. The molecule has 7 aromatic carbocycles. The fourth-order valence-electron chi connectivity index (χ4n) is 6.87. The predicted molar refractivity (Wildman–Crippen MR) is 247 cm³/mol. The zero-order valence-corrected chi connectivity index (χ0v) is 36.4. The molecule has 0 radical (unpaired) electrons. The van der Waals surface area contributed by atoms with Gasteiger partial charge < -0.3 is 20.1 Å². The summed E-state index contributed by atoms with van der Waals surface area (Å²) in [5, 5.41) is 34.7. The van der Waals surface area contributed by atoms with Crippen molar-refractivity contribution in [2.24, 2.45) is 30.7 Å². The molecule has 7 aromatic rings. The molecule has 0 saturated carbocycles. The third-order valence-corrected chi connectivity index (χ3v) is 11.2. The third kappa shape index (κ3) is 9.96. The summed E-state index contributed by atoms with van der Waals surface area (Å²) in [5.41, 5.74) is 10.5. The lowest BCUT2D eigenvalue weighted by Crippen LogP contribution is -2.00. The summed E-state index contributed by atoms with van der Waals surface area (Å²) in [7, 11) is -1.62. The van der Waals surface area contributed by atoms with Crippen molar-refractivity contribution in [1.82, 2.24) is 0 Å². The Morgan fingerprint density at radius 2 is 1.19 bits per heavy atom. The van der Waals surface area contributed by atoms with Gasteiger partial charge in [0.05, 0.1) is 31.3 Å². The van der Waals surface area contributed by atoms with Crippen LogP contribution in [0.25, 0.3) is 10.8 Å². The molecule has 0 heterocycles. The van der Waals surface area contributed by atoms with Gasteiger partial charge in [0.1, 0.15) is 39.7 Å². The second-order valence-electron chi connectivity index (χ2n) is 14.8. The molecule has 0 unspecified atom stereocenters. The Bertz CT molecular complexity index is 3100. The van der Waals surface area contributed by atoms with Gasteiger partial charge in [-0.25, -0.2) is 0 Å². The number of aryl methyl sites for hydroxylation is 5. The second-order valence-corrected chi connectivity index (χ2v) is 16.2. The van der Waals surface area contributed by atoms with Gasteiger partial charge in [-0.1, -0.05) is 24.3 Å². The first kappa shape index (κ1) is 43.5. The molecule has 7 rings (SSSR count). The predicted octanol–water partition coefficient (Wildman–Crippen LogP) is 14.2. The molecule has 0 atom stereocenters. The van der Waals surface area contributed by atoms with E-state index in [1.807, 2.05) is 88.4 Å². The van der Waals surface area contributed by atoms with Crippen molar-refractivity contribution in [1.29, 1.82) is 0 Å². The largest absolute Gasteiger partial charge is 0.494 e. The van der Waals surface area contributed by atoms with Crippen LogP contribution in [0.15, 0.2) is 151 Å². The molecular formula is C48H44N8O6S. The van der Waals surface area contributed by atoms with E-state index in [1.54, 1.807) is 62.6 Å². The van der Waals surface area contributed by atoms with Gasteiger partial charge in [0.15, 0.2) is 0 Å². The number of benzene rings is 7. The van der Waals surface area contributed by atoms with Crippen LogP contribution in [0, 0.1) is 34.6 Å². The molecule has 0 spiro atoms. The van der Waals surface area contributed by atoms with Crippen LogP contribution in [0.3, 0.4) is 0 Å². The number of carbonyl (C=O) groups excluding carboxylic acids is 1. The van der Waals surface area contributed by atoms with Gasteiger partial charge in [-0.15, -0.1) is 15.3 Å². The summed E-state index contributed by atoms with van der Waals surface area (Å²) in [6.45, 7) is 9.42. The van der Waals surface area contributed by atoms with Gasteiger partial charge in [0.25, 0.3) is 10.1 Å². The molecule has 15 heteroatoms. The minimum atomic E-state index is -4.68. The molecule has 0 aliphatic rings. The zero-order valence-electron chi connectivity index (χ0n) is 35.6. The molecule has 63 heavy (non-hydrogen) atoms. The Morgan fingerprint density at radius 1 is 0.556 bits per heavy atom. The Balaban J connectivity index is 1.10. The van der Waals surface area contributed by atoms with Crippen molar-refractivity contribution < 1.29 is 27.2 Å². The van der Waals surface area contributed by atoms with Gasteiger partial charge in [-0.3, -0.25) is 9.35 Å². The van der Waals surface area contributed by atoms with Crippen LogP contribution >= 0.6 is 0 Å². The standard InChI is InChI=1S/C48H44N8O6S/c1-28-19-33(27-57)13-17-39(28)52-51-37-15-18-40(45(25-37)61-6)53-54-43-21-29(2)41(20-31(43)4)50-42-26-46(62-7)44(22-30(42)3)55-56-48-32(5)38-16-14-36(49-35-11-9-8-10-12-35)23-34(38)24-47(48)63(58,59)60/h8-27,49-50H,1-7H3,(H,58,59,60). The molecule has 0 fully saturated rings. The summed E-state index contributed by atoms with van der Waals surface area (Å²) in [5.74, 6) is 0.862. The van der Waals surface area contributed by atoms with Crippen molar-refractivity contribution in [3.8, 4) is 11.5 Å². The third-order valence-electron chi connectivity index (χ3n) is 10.3. The smallest absolute Gasteiger partial charge is 0.296 e. The van der Waals surface area contributed by atoms with E-state index in [0.29, 0.717) is 56.4 Å². The number of rotatable bonds is 14. The highest BCUT2D eigenvalue weighted by atomic mass is 32.2. The van der Waals surface area contributed by atoms with E-state index in [2.05, 4.69) is 41.3 Å². The van der Waals surface area contributed by atoms with Crippen LogP contribution in [0.4, 0.5) is 56.9 Å². The summed E-state index contributed by atoms with van der Waals surface area (Å²) in [4.78, 5) is 10.7. The van der Waals surface area contributed by atoms with E-state index < -0.39 is 10.1 Å². The average Bonchev–Trinajstić information content (AvgIpc) is 3.26. The van der Waals surface area contributed by atoms with Crippen molar-refractivity contribution in [3.63, 3.8) is 0 Å². The van der Waals surface area contributed by atoms with E-state index in [1.165, 1.54) is 13.2 Å². The first-order valence-electron chi connectivity index (χ1n) is 19.7. The number of anilines is 4. The first-order chi connectivity index (χ1) is 30.2. The molecule has 0 aliphatic heterocycles. The number of nitrogens with zero attached hydrogens (tertiary/aromatic N) is 6. The molecule has 0 aliphatic carbocycles. The van der Waals surface area contributed by atoms with Gasteiger partial charge in [0, 0.05) is 40.4 Å². The van der Waals surface area contributed by atoms with Gasteiger partial charge in [-0.05, 0) is 152 Å². The summed E-state index contributed by atoms with van der Waals surface area (Å²) < 4.78 is 47.0. The second kappa shape index (κ2) is 18.6. The Morgan fingerprint density at radius 3 is 1.89 bits per heavy atom. The van der Waals surface area contributed by atoms with E-state index in [9.17, 15) is 17.8 Å². The van der Waals surface area contributed by atoms with E-state index in [-0.39, 0.29) is 10.6 Å². The minimum absolute atomic E-state index is 0.0198. The maximum atomic E-state index is 12.7. The van der Waals surface area contributed by atoms with Crippen molar-refractivity contribution >= 4 is 84.1 Å². The maximum absolute atomic E-state index is 12.7. The number of ether oxygens (including phenoxy) is 2. The zero-order chi connectivity index (χ0) is 44.8.